The number of carboxylic acid groups (broad SMARTS) is 1. The van der Waals surface area contributed by atoms with Crippen molar-refractivity contribution >= 4 is 41.1 Å². The lowest BCUT2D eigenvalue weighted by Crippen LogP contribution is -2.37. The number of carbonyl (C=O) groups is 4. The number of nitrogens with zero attached hydrogens (tertiary/aromatic N) is 2. The molecule has 2 aromatic rings. The van der Waals surface area contributed by atoms with Crippen molar-refractivity contribution in [3.05, 3.63) is 59.7 Å². The maximum atomic E-state index is 12.4. The van der Waals surface area contributed by atoms with Gasteiger partial charge in [0.05, 0.1) is 25.6 Å². The van der Waals surface area contributed by atoms with Gasteiger partial charge in [0, 0.05) is 42.5 Å². The molecule has 0 unspecified atom stereocenters. The molecule has 2 saturated heterocycles. The third-order valence-corrected chi connectivity index (χ3v) is 6.46. The second-order valence-corrected chi connectivity index (χ2v) is 9.37. The summed E-state index contributed by atoms with van der Waals surface area (Å²) in [6.07, 6.45) is 0.586. The number of cyclic esters (lactones) is 1. The standard InChI is InChI=1S/C26H31N5O5.C2H4O2/c1-2-35-25(33)19-11-13-30(14-12-19)20-7-9-21(10-8-20)31-16-22(36-26(31)34)15-29-24(32)18-5-3-17(4-6-18)23(27)28;1-2(3)4/h3-10,19,22H,2,11-16H2,1H3,(H3,27,28)(H,29,32);1H3,(H,3,4)/t22-;/m1./s1. The number of amidine groups is 1. The second-order valence-electron chi connectivity index (χ2n) is 9.37. The molecule has 0 saturated carbocycles. The van der Waals surface area contributed by atoms with Gasteiger partial charge >= 0.3 is 12.1 Å². The largest absolute Gasteiger partial charge is 0.481 e. The number of esters is 1. The summed E-state index contributed by atoms with van der Waals surface area (Å²) in [6.45, 7) is 5.36. The summed E-state index contributed by atoms with van der Waals surface area (Å²) in [6, 6.07) is 14.1. The van der Waals surface area contributed by atoms with Gasteiger partial charge in [-0.25, -0.2) is 4.79 Å². The number of rotatable bonds is 8. The number of hydrogen-bond donors (Lipinski definition) is 4. The van der Waals surface area contributed by atoms with Crippen molar-refractivity contribution in [3.63, 3.8) is 0 Å². The third kappa shape index (κ3) is 8.19. The first-order valence-electron chi connectivity index (χ1n) is 13.0. The first-order valence-corrected chi connectivity index (χ1v) is 13.0. The van der Waals surface area contributed by atoms with Gasteiger partial charge in [-0.05, 0) is 56.2 Å². The Labute approximate surface area is 232 Å². The van der Waals surface area contributed by atoms with Crippen LogP contribution < -0.4 is 20.9 Å². The number of hydrogen-bond acceptors (Lipinski definition) is 8. The van der Waals surface area contributed by atoms with Crippen LogP contribution in [0.25, 0.3) is 0 Å². The molecular weight excluding hydrogens is 518 g/mol. The fourth-order valence-electron chi connectivity index (χ4n) is 4.43. The molecule has 0 radical (unpaired) electrons. The van der Waals surface area contributed by atoms with Gasteiger partial charge in [0.2, 0.25) is 0 Å². The van der Waals surface area contributed by atoms with Crippen molar-refractivity contribution in [1.29, 1.82) is 5.41 Å². The van der Waals surface area contributed by atoms with E-state index in [1.165, 1.54) is 0 Å². The predicted octanol–water partition coefficient (Wildman–Crippen LogP) is 2.60. The molecule has 2 aliphatic rings. The number of aliphatic carboxylic acids is 1. The summed E-state index contributed by atoms with van der Waals surface area (Å²) in [7, 11) is 0. The van der Waals surface area contributed by atoms with Gasteiger partial charge in [-0.3, -0.25) is 24.7 Å². The highest BCUT2D eigenvalue weighted by atomic mass is 16.6. The summed E-state index contributed by atoms with van der Waals surface area (Å²) in [5.41, 5.74) is 8.17. The van der Waals surface area contributed by atoms with Crippen molar-refractivity contribution in [2.24, 2.45) is 11.7 Å². The number of piperidine rings is 1. The average Bonchev–Trinajstić information content (AvgIpc) is 3.32. The van der Waals surface area contributed by atoms with Crippen LogP contribution in [-0.2, 0) is 19.1 Å². The molecule has 12 nitrogen and oxygen atoms in total. The van der Waals surface area contributed by atoms with E-state index in [4.69, 9.17) is 30.5 Å². The van der Waals surface area contributed by atoms with E-state index in [0.717, 1.165) is 44.2 Å². The van der Waals surface area contributed by atoms with Gasteiger partial charge in [-0.2, -0.15) is 0 Å². The molecule has 0 aromatic heterocycles. The lowest BCUT2D eigenvalue weighted by atomic mass is 9.96. The van der Waals surface area contributed by atoms with E-state index < -0.39 is 18.2 Å². The molecule has 0 bridgehead atoms. The Bertz CT molecular complexity index is 1200. The van der Waals surface area contributed by atoms with Crippen molar-refractivity contribution in [1.82, 2.24) is 5.32 Å². The van der Waals surface area contributed by atoms with Crippen LogP contribution in [0.3, 0.4) is 0 Å². The molecule has 0 spiro atoms. The van der Waals surface area contributed by atoms with E-state index in [1.807, 2.05) is 31.2 Å². The van der Waals surface area contributed by atoms with Gasteiger partial charge in [-0.1, -0.05) is 12.1 Å². The van der Waals surface area contributed by atoms with E-state index in [1.54, 1.807) is 29.2 Å². The molecule has 2 fully saturated rings. The zero-order valence-electron chi connectivity index (χ0n) is 22.6. The van der Waals surface area contributed by atoms with Crippen LogP contribution in [0, 0.1) is 11.3 Å². The number of ether oxygens (including phenoxy) is 2. The summed E-state index contributed by atoms with van der Waals surface area (Å²) in [5, 5.41) is 17.6. The first kappa shape index (κ1) is 29.9. The smallest absolute Gasteiger partial charge is 0.414 e. The number of amides is 2. The predicted molar refractivity (Wildman–Crippen MR) is 149 cm³/mol. The lowest BCUT2D eigenvalue weighted by molar-refractivity contribution is -0.148. The van der Waals surface area contributed by atoms with E-state index in [9.17, 15) is 14.4 Å². The van der Waals surface area contributed by atoms with E-state index >= 15 is 0 Å². The number of carboxylic acids is 1. The molecule has 40 heavy (non-hydrogen) atoms. The van der Waals surface area contributed by atoms with Crippen LogP contribution in [0.15, 0.2) is 48.5 Å². The second kappa shape index (κ2) is 14.0. The number of nitrogens with one attached hydrogen (secondary N) is 2. The molecule has 0 aliphatic carbocycles. The number of nitrogens with two attached hydrogens (primary N) is 1. The molecule has 2 amide bonds. The summed E-state index contributed by atoms with van der Waals surface area (Å²) < 4.78 is 10.6. The Balaban J connectivity index is 0.00000103. The van der Waals surface area contributed by atoms with E-state index in [-0.39, 0.29) is 30.2 Å². The highest BCUT2D eigenvalue weighted by Crippen LogP contribution is 2.28. The van der Waals surface area contributed by atoms with Crippen LogP contribution in [0.1, 0.15) is 42.6 Å². The van der Waals surface area contributed by atoms with Crippen LogP contribution in [0.5, 0.6) is 0 Å². The normalized spacial score (nSPS) is 16.9. The van der Waals surface area contributed by atoms with Crippen LogP contribution in [0.2, 0.25) is 0 Å². The minimum absolute atomic E-state index is 0.0443. The number of benzene rings is 2. The Kier molecular flexibility index (Phi) is 10.5. The molecule has 2 aliphatic heterocycles. The molecular formula is C28H35N5O7. The number of carbonyl (C=O) groups excluding carboxylic acids is 3. The highest BCUT2D eigenvalue weighted by Gasteiger charge is 2.33. The van der Waals surface area contributed by atoms with Crippen LogP contribution in [0.4, 0.5) is 16.2 Å². The van der Waals surface area contributed by atoms with Crippen molar-refractivity contribution < 1.29 is 33.8 Å². The Morgan fingerprint density at radius 3 is 2.15 bits per heavy atom. The minimum atomic E-state index is -0.833. The van der Waals surface area contributed by atoms with Crippen LogP contribution >= 0.6 is 0 Å². The van der Waals surface area contributed by atoms with Crippen molar-refractivity contribution in [2.45, 2.75) is 32.8 Å². The fraction of sp³-hybridized carbons (Fsp3) is 0.393. The summed E-state index contributed by atoms with van der Waals surface area (Å²) in [5.74, 6) is -1.35. The Morgan fingerprint density at radius 2 is 1.60 bits per heavy atom. The fourth-order valence-corrected chi connectivity index (χ4v) is 4.43. The highest BCUT2D eigenvalue weighted by molar-refractivity contribution is 5.98. The molecule has 2 aromatic carbocycles. The molecule has 1 atom stereocenters. The average molecular weight is 554 g/mol. The number of anilines is 2. The minimum Gasteiger partial charge on any atom is -0.481 e. The maximum absolute atomic E-state index is 12.4. The monoisotopic (exact) mass is 553 g/mol. The van der Waals surface area contributed by atoms with Crippen molar-refractivity contribution in [3.8, 4) is 0 Å². The topological polar surface area (TPSA) is 175 Å². The first-order chi connectivity index (χ1) is 19.1. The molecule has 4 rings (SSSR count). The molecule has 12 heteroatoms. The SMILES string of the molecule is CC(=O)O.CCOC(=O)C1CCN(c2ccc(N3C[C@@H](CNC(=O)c4ccc(C(=N)N)cc4)OC3=O)cc2)CC1. The molecule has 5 N–H and O–H groups in total. The van der Waals surface area contributed by atoms with Gasteiger partial charge in [0.25, 0.3) is 11.9 Å². The number of nitrogen functional groups attached to an aromatic ring is 1. The lowest BCUT2D eigenvalue weighted by Gasteiger charge is -2.32. The Hall–Kier alpha value is -4.61. The quantitative estimate of drug-likeness (QED) is 0.217. The van der Waals surface area contributed by atoms with Gasteiger partial charge in [0.1, 0.15) is 11.9 Å². The Morgan fingerprint density at radius 1 is 1.05 bits per heavy atom. The zero-order valence-corrected chi connectivity index (χ0v) is 22.6. The molecule has 2 heterocycles. The van der Waals surface area contributed by atoms with E-state index in [2.05, 4.69) is 10.2 Å². The van der Waals surface area contributed by atoms with Crippen LogP contribution in [-0.4, -0.2) is 73.8 Å². The van der Waals surface area contributed by atoms with Gasteiger partial charge in [0.15, 0.2) is 0 Å². The maximum Gasteiger partial charge on any atom is 0.414 e. The van der Waals surface area contributed by atoms with Gasteiger partial charge < -0.3 is 30.5 Å². The van der Waals surface area contributed by atoms with E-state index in [0.29, 0.717) is 24.3 Å². The summed E-state index contributed by atoms with van der Waals surface area (Å²) in [4.78, 5) is 49.6. The van der Waals surface area contributed by atoms with Gasteiger partial charge in [-0.15, -0.1) is 0 Å². The molecule has 214 valence electrons. The third-order valence-electron chi connectivity index (χ3n) is 6.46. The summed E-state index contributed by atoms with van der Waals surface area (Å²) >= 11 is 0. The zero-order chi connectivity index (χ0) is 29.2. The van der Waals surface area contributed by atoms with Crippen molar-refractivity contribution in [2.75, 3.05) is 42.6 Å².